The summed E-state index contributed by atoms with van der Waals surface area (Å²) >= 11 is 3.57. The standard InChI is InChI=1S/C14H23BrN6/c1-9-12(10(2)20(5)18-9)13(16)14-11(15)8-17-21(14)7-6-19(3)4/h8,13H,6-7,16H2,1-5H3. The fraction of sp³-hybridized carbons (Fsp3) is 0.571. The zero-order valence-corrected chi connectivity index (χ0v) is 14.8. The van der Waals surface area contributed by atoms with Crippen LogP contribution in [0.3, 0.4) is 0 Å². The summed E-state index contributed by atoms with van der Waals surface area (Å²) in [5.74, 6) is 0. The van der Waals surface area contributed by atoms with Gasteiger partial charge in [0.05, 0.1) is 34.6 Å². The zero-order valence-electron chi connectivity index (χ0n) is 13.3. The average molecular weight is 355 g/mol. The fourth-order valence-corrected chi connectivity index (χ4v) is 3.07. The van der Waals surface area contributed by atoms with Crippen LogP contribution >= 0.6 is 15.9 Å². The van der Waals surface area contributed by atoms with Crippen molar-refractivity contribution in [3.8, 4) is 0 Å². The molecule has 6 nitrogen and oxygen atoms in total. The molecule has 2 heterocycles. The van der Waals surface area contributed by atoms with E-state index in [0.29, 0.717) is 0 Å². The minimum Gasteiger partial charge on any atom is -0.319 e. The molecule has 21 heavy (non-hydrogen) atoms. The molecule has 0 aliphatic carbocycles. The van der Waals surface area contributed by atoms with Gasteiger partial charge in [-0.15, -0.1) is 0 Å². The van der Waals surface area contributed by atoms with Crippen LogP contribution in [0.15, 0.2) is 10.7 Å². The van der Waals surface area contributed by atoms with Crippen LogP contribution in [0.2, 0.25) is 0 Å². The van der Waals surface area contributed by atoms with Gasteiger partial charge >= 0.3 is 0 Å². The van der Waals surface area contributed by atoms with E-state index in [0.717, 1.165) is 40.2 Å². The largest absolute Gasteiger partial charge is 0.319 e. The molecule has 2 aromatic rings. The van der Waals surface area contributed by atoms with Gasteiger partial charge in [0.1, 0.15) is 0 Å². The lowest BCUT2D eigenvalue weighted by molar-refractivity contribution is 0.368. The molecule has 0 saturated heterocycles. The number of aromatic nitrogens is 4. The maximum absolute atomic E-state index is 6.53. The first-order valence-electron chi connectivity index (χ1n) is 6.94. The van der Waals surface area contributed by atoms with E-state index in [1.54, 1.807) is 0 Å². The molecule has 2 aromatic heterocycles. The number of halogens is 1. The van der Waals surface area contributed by atoms with Gasteiger partial charge < -0.3 is 10.6 Å². The van der Waals surface area contributed by atoms with Gasteiger partial charge in [0.25, 0.3) is 0 Å². The van der Waals surface area contributed by atoms with Gasteiger partial charge in [-0.25, -0.2) is 0 Å². The summed E-state index contributed by atoms with van der Waals surface area (Å²) in [4.78, 5) is 2.13. The van der Waals surface area contributed by atoms with Crippen molar-refractivity contribution in [2.45, 2.75) is 26.4 Å². The Balaban J connectivity index is 2.39. The Hall–Kier alpha value is -1.18. The Morgan fingerprint density at radius 3 is 2.57 bits per heavy atom. The van der Waals surface area contributed by atoms with Crippen molar-refractivity contribution < 1.29 is 0 Å². The first-order chi connectivity index (χ1) is 9.82. The van der Waals surface area contributed by atoms with Gasteiger partial charge in [-0.2, -0.15) is 10.2 Å². The summed E-state index contributed by atoms with van der Waals surface area (Å²) in [5.41, 5.74) is 10.7. The highest BCUT2D eigenvalue weighted by atomic mass is 79.9. The predicted molar refractivity (Wildman–Crippen MR) is 87.2 cm³/mol. The molecule has 0 aliphatic heterocycles. The van der Waals surface area contributed by atoms with E-state index in [1.807, 2.05) is 50.6 Å². The molecule has 0 bridgehead atoms. The lowest BCUT2D eigenvalue weighted by Gasteiger charge is -2.17. The number of nitrogens with two attached hydrogens (primary N) is 1. The van der Waals surface area contributed by atoms with Crippen molar-refractivity contribution in [3.05, 3.63) is 33.3 Å². The smallest absolute Gasteiger partial charge is 0.0771 e. The van der Waals surface area contributed by atoms with Crippen LogP contribution in [0.25, 0.3) is 0 Å². The van der Waals surface area contributed by atoms with Crippen molar-refractivity contribution >= 4 is 15.9 Å². The Labute approximate surface area is 134 Å². The SMILES string of the molecule is Cc1nn(C)c(C)c1C(N)c1c(Br)cnn1CCN(C)C. The van der Waals surface area contributed by atoms with Gasteiger partial charge in [-0.05, 0) is 43.9 Å². The number of hydrogen-bond acceptors (Lipinski definition) is 4. The van der Waals surface area contributed by atoms with Crippen LogP contribution in [0, 0.1) is 13.8 Å². The van der Waals surface area contributed by atoms with Crippen LogP contribution in [0.5, 0.6) is 0 Å². The van der Waals surface area contributed by atoms with Gasteiger partial charge in [-0.1, -0.05) is 0 Å². The predicted octanol–water partition coefficient (Wildman–Crippen LogP) is 1.61. The molecule has 0 spiro atoms. The monoisotopic (exact) mass is 354 g/mol. The second-order valence-electron chi connectivity index (χ2n) is 5.59. The highest BCUT2D eigenvalue weighted by molar-refractivity contribution is 9.10. The molecule has 116 valence electrons. The van der Waals surface area contributed by atoms with Crippen LogP contribution in [0.1, 0.15) is 28.7 Å². The first kappa shape index (κ1) is 16.2. The summed E-state index contributed by atoms with van der Waals surface area (Å²) in [5, 5.41) is 8.89. The summed E-state index contributed by atoms with van der Waals surface area (Å²) in [6.07, 6.45) is 1.81. The average Bonchev–Trinajstić information content (AvgIpc) is 2.88. The van der Waals surface area contributed by atoms with Crippen molar-refractivity contribution in [2.75, 3.05) is 20.6 Å². The van der Waals surface area contributed by atoms with E-state index in [4.69, 9.17) is 5.73 Å². The molecule has 1 atom stereocenters. The lowest BCUT2D eigenvalue weighted by atomic mass is 10.0. The summed E-state index contributed by atoms with van der Waals surface area (Å²) in [6, 6.07) is -0.238. The molecule has 0 aromatic carbocycles. The molecular weight excluding hydrogens is 332 g/mol. The highest BCUT2D eigenvalue weighted by Crippen LogP contribution is 2.30. The second-order valence-corrected chi connectivity index (χ2v) is 6.44. The molecule has 2 rings (SSSR count). The van der Waals surface area contributed by atoms with E-state index in [-0.39, 0.29) is 6.04 Å². The molecule has 0 saturated carbocycles. The molecule has 0 aliphatic rings. The number of rotatable bonds is 5. The van der Waals surface area contributed by atoms with Gasteiger partial charge in [0.2, 0.25) is 0 Å². The van der Waals surface area contributed by atoms with Gasteiger partial charge in [0, 0.05) is 24.8 Å². The van der Waals surface area contributed by atoms with E-state index < -0.39 is 0 Å². The normalized spacial score (nSPS) is 13.1. The Kier molecular flexibility index (Phi) is 4.85. The Morgan fingerprint density at radius 1 is 1.38 bits per heavy atom. The second kappa shape index (κ2) is 6.29. The molecule has 2 N–H and O–H groups in total. The molecular formula is C14H23BrN6. The Morgan fingerprint density at radius 2 is 2.05 bits per heavy atom. The zero-order chi connectivity index (χ0) is 15.7. The number of aryl methyl sites for hydroxylation is 2. The van der Waals surface area contributed by atoms with Crippen molar-refractivity contribution in [3.63, 3.8) is 0 Å². The van der Waals surface area contributed by atoms with Crippen LogP contribution in [0.4, 0.5) is 0 Å². The molecule has 0 amide bonds. The third kappa shape index (κ3) is 3.20. The van der Waals surface area contributed by atoms with Crippen LogP contribution in [-0.2, 0) is 13.6 Å². The minimum absolute atomic E-state index is 0.238. The highest BCUT2D eigenvalue weighted by Gasteiger charge is 2.24. The molecule has 0 radical (unpaired) electrons. The quantitative estimate of drug-likeness (QED) is 0.885. The summed E-state index contributed by atoms with van der Waals surface area (Å²) in [6.45, 7) is 5.76. The minimum atomic E-state index is -0.238. The topological polar surface area (TPSA) is 64.9 Å². The van der Waals surface area contributed by atoms with E-state index in [2.05, 4.69) is 31.0 Å². The number of likely N-dealkylation sites (N-methyl/N-ethyl adjacent to an activating group) is 1. The van der Waals surface area contributed by atoms with E-state index in [1.165, 1.54) is 0 Å². The van der Waals surface area contributed by atoms with Crippen LogP contribution in [-0.4, -0.2) is 45.1 Å². The maximum atomic E-state index is 6.53. The van der Waals surface area contributed by atoms with Gasteiger partial charge in [-0.3, -0.25) is 9.36 Å². The molecule has 0 fully saturated rings. The fourth-order valence-electron chi connectivity index (χ4n) is 2.53. The Bertz CT molecular complexity index is 628. The molecule has 1 unspecified atom stereocenters. The van der Waals surface area contributed by atoms with E-state index >= 15 is 0 Å². The number of hydrogen-bond donors (Lipinski definition) is 1. The summed E-state index contributed by atoms with van der Waals surface area (Å²) in [7, 11) is 6.04. The van der Waals surface area contributed by atoms with Crippen molar-refractivity contribution in [2.24, 2.45) is 12.8 Å². The molecule has 7 heteroatoms. The van der Waals surface area contributed by atoms with Gasteiger partial charge in [0.15, 0.2) is 0 Å². The van der Waals surface area contributed by atoms with Crippen LogP contribution < -0.4 is 5.73 Å². The maximum Gasteiger partial charge on any atom is 0.0771 e. The van der Waals surface area contributed by atoms with Crippen molar-refractivity contribution in [1.82, 2.24) is 24.5 Å². The number of nitrogens with zero attached hydrogens (tertiary/aromatic N) is 5. The third-order valence-corrected chi connectivity index (χ3v) is 4.37. The van der Waals surface area contributed by atoms with E-state index in [9.17, 15) is 0 Å². The summed E-state index contributed by atoms with van der Waals surface area (Å²) < 4.78 is 4.79. The first-order valence-corrected chi connectivity index (χ1v) is 7.73. The van der Waals surface area contributed by atoms with Crippen molar-refractivity contribution in [1.29, 1.82) is 0 Å². The third-order valence-electron chi connectivity index (χ3n) is 3.76. The lowest BCUT2D eigenvalue weighted by Crippen LogP contribution is -2.24.